The summed E-state index contributed by atoms with van der Waals surface area (Å²) in [6.45, 7) is 0. The van der Waals surface area contributed by atoms with E-state index in [0.717, 1.165) is 18.6 Å². The Labute approximate surface area is 119 Å². The van der Waals surface area contributed by atoms with Crippen molar-refractivity contribution < 1.29 is 4.74 Å². The maximum atomic E-state index is 5.46. The van der Waals surface area contributed by atoms with Crippen LogP contribution in [0, 0.1) is 0 Å². The summed E-state index contributed by atoms with van der Waals surface area (Å²) >= 11 is 0. The van der Waals surface area contributed by atoms with E-state index >= 15 is 0 Å². The minimum absolute atomic E-state index is 0.163. The first-order chi connectivity index (χ1) is 9.83. The van der Waals surface area contributed by atoms with Crippen LogP contribution in [0.1, 0.15) is 44.2 Å². The van der Waals surface area contributed by atoms with Crippen molar-refractivity contribution in [3.05, 3.63) is 52.8 Å². The number of methoxy groups -OCH3 is 1. The monoisotopic (exact) mass is 268 g/mol. The standard InChI is InChI=1S/C17H20N2O/c1-20-13-6-5-12-9-17(16-10-18-11-19-16)7-3-2-4-15(17)14(12)8-13/h5-6,10-11H,2-4,7-9H2,1H3,(H,18,19). The van der Waals surface area contributed by atoms with Crippen LogP contribution in [0.25, 0.3) is 0 Å². The second-order valence-electron chi connectivity index (χ2n) is 6.08. The normalized spacial score (nSPS) is 28.6. The number of aromatic amines is 1. The number of fused-ring (bicyclic) bond motifs is 2. The van der Waals surface area contributed by atoms with E-state index in [9.17, 15) is 0 Å². The largest absolute Gasteiger partial charge is 0.501 e. The minimum atomic E-state index is 0.163. The van der Waals surface area contributed by atoms with Gasteiger partial charge in [0.2, 0.25) is 0 Å². The van der Waals surface area contributed by atoms with E-state index < -0.39 is 0 Å². The Kier molecular flexibility index (Phi) is 2.62. The lowest BCUT2D eigenvalue weighted by Gasteiger charge is -2.35. The Balaban J connectivity index is 1.84. The van der Waals surface area contributed by atoms with Crippen LogP contribution in [-0.2, 0) is 10.2 Å². The molecule has 104 valence electrons. The Hall–Kier alpha value is -1.77. The summed E-state index contributed by atoms with van der Waals surface area (Å²) in [6, 6.07) is 0. The van der Waals surface area contributed by atoms with Gasteiger partial charge < -0.3 is 9.72 Å². The van der Waals surface area contributed by atoms with Crippen LogP contribution in [0.3, 0.4) is 0 Å². The summed E-state index contributed by atoms with van der Waals surface area (Å²) in [5.41, 5.74) is 6.06. The number of hydrogen-bond donors (Lipinski definition) is 1. The molecule has 0 radical (unpaired) electrons. The Morgan fingerprint density at radius 1 is 1.30 bits per heavy atom. The lowest BCUT2D eigenvalue weighted by molar-refractivity contribution is 0.282. The fraction of sp³-hybridized carbons (Fsp3) is 0.471. The van der Waals surface area contributed by atoms with Gasteiger partial charge in [0.1, 0.15) is 0 Å². The highest BCUT2D eigenvalue weighted by molar-refractivity contribution is 5.56. The number of allylic oxidation sites excluding steroid dienone is 5. The third-order valence-electron chi connectivity index (χ3n) is 5.17. The van der Waals surface area contributed by atoms with Crippen LogP contribution in [0.2, 0.25) is 0 Å². The molecule has 0 saturated heterocycles. The van der Waals surface area contributed by atoms with Crippen LogP contribution < -0.4 is 0 Å². The molecule has 3 aliphatic rings. The highest BCUT2D eigenvalue weighted by Crippen LogP contribution is 2.56. The van der Waals surface area contributed by atoms with Crippen LogP contribution in [0.15, 0.2) is 47.2 Å². The maximum Gasteiger partial charge on any atom is 0.0999 e. The molecule has 3 heteroatoms. The van der Waals surface area contributed by atoms with Crippen molar-refractivity contribution in [3.63, 3.8) is 0 Å². The summed E-state index contributed by atoms with van der Waals surface area (Å²) in [7, 11) is 1.77. The number of ether oxygens (including phenoxy) is 1. The maximum absolute atomic E-state index is 5.46. The van der Waals surface area contributed by atoms with Gasteiger partial charge in [-0.3, -0.25) is 0 Å². The molecular formula is C17H20N2O. The Bertz CT molecular complexity index is 621. The Morgan fingerprint density at radius 2 is 2.25 bits per heavy atom. The van der Waals surface area contributed by atoms with Crippen LogP contribution >= 0.6 is 0 Å². The van der Waals surface area contributed by atoms with E-state index in [2.05, 4.69) is 28.3 Å². The third kappa shape index (κ3) is 1.55. The van der Waals surface area contributed by atoms with Gasteiger partial charge in [-0.1, -0.05) is 18.1 Å². The fourth-order valence-electron chi connectivity index (χ4n) is 4.22. The van der Waals surface area contributed by atoms with Gasteiger partial charge in [0, 0.05) is 18.0 Å². The minimum Gasteiger partial charge on any atom is -0.501 e. The second-order valence-corrected chi connectivity index (χ2v) is 6.08. The molecule has 3 aliphatic carbocycles. The van der Waals surface area contributed by atoms with E-state index in [1.807, 2.05) is 6.33 Å². The molecule has 4 rings (SSSR count). The lowest BCUT2D eigenvalue weighted by Crippen LogP contribution is -2.29. The number of nitrogens with zero attached hydrogens (tertiary/aromatic N) is 1. The predicted octanol–water partition coefficient (Wildman–Crippen LogP) is 3.78. The van der Waals surface area contributed by atoms with E-state index in [1.165, 1.54) is 42.5 Å². The zero-order chi connectivity index (χ0) is 13.6. The van der Waals surface area contributed by atoms with Gasteiger partial charge in [0.15, 0.2) is 0 Å². The smallest absolute Gasteiger partial charge is 0.0999 e. The first-order valence-electron chi connectivity index (χ1n) is 7.49. The lowest BCUT2D eigenvalue weighted by atomic mass is 9.69. The summed E-state index contributed by atoms with van der Waals surface area (Å²) in [5, 5.41) is 0. The zero-order valence-corrected chi connectivity index (χ0v) is 11.9. The van der Waals surface area contributed by atoms with Gasteiger partial charge in [0.05, 0.1) is 24.9 Å². The highest BCUT2D eigenvalue weighted by atomic mass is 16.5. The molecule has 1 unspecified atom stereocenters. The van der Waals surface area contributed by atoms with Crippen LogP contribution in [0.5, 0.6) is 0 Å². The van der Waals surface area contributed by atoms with Crippen molar-refractivity contribution in [1.29, 1.82) is 0 Å². The molecule has 0 aliphatic heterocycles. The predicted molar refractivity (Wildman–Crippen MR) is 78.2 cm³/mol. The molecular weight excluding hydrogens is 248 g/mol. The van der Waals surface area contributed by atoms with Crippen molar-refractivity contribution in [1.82, 2.24) is 9.97 Å². The highest BCUT2D eigenvalue weighted by Gasteiger charge is 2.47. The van der Waals surface area contributed by atoms with Gasteiger partial charge in [-0.2, -0.15) is 0 Å². The molecule has 0 bridgehead atoms. The third-order valence-corrected chi connectivity index (χ3v) is 5.17. The van der Waals surface area contributed by atoms with Gasteiger partial charge in [-0.15, -0.1) is 0 Å². The number of nitrogens with one attached hydrogen (secondary N) is 1. The molecule has 1 aromatic heterocycles. The fourth-order valence-corrected chi connectivity index (χ4v) is 4.22. The number of rotatable bonds is 2. The van der Waals surface area contributed by atoms with Gasteiger partial charge in [0.25, 0.3) is 0 Å². The van der Waals surface area contributed by atoms with Crippen LogP contribution in [-0.4, -0.2) is 17.1 Å². The van der Waals surface area contributed by atoms with E-state index in [-0.39, 0.29) is 5.41 Å². The molecule has 3 nitrogen and oxygen atoms in total. The molecule has 1 fully saturated rings. The van der Waals surface area contributed by atoms with Gasteiger partial charge in [-0.25, -0.2) is 4.98 Å². The van der Waals surface area contributed by atoms with Crippen LogP contribution in [0.4, 0.5) is 0 Å². The molecule has 1 heterocycles. The first kappa shape index (κ1) is 12.0. The molecule has 0 amide bonds. The van der Waals surface area contributed by atoms with E-state index in [0.29, 0.717) is 0 Å². The summed E-state index contributed by atoms with van der Waals surface area (Å²) in [6.07, 6.45) is 15.5. The van der Waals surface area contributed by atoms with Crippen molar-refractivity contribution in [3.8, 4) is 0 Å². The molecule has 1 N–H and O–H groups in total. The summed E-state index contributed by atoms with van der Waals surface area (Å²) in [4.78, 5) is 7.75. The Morgan fingerprint density at radius 3 is 3.05 bits per heavy atom. The molecule has 20 heavy (non-hydrogen) atoms. The SMILES string of the molecule is COC1=CC=C2CC3(c4c[nH]cn4)CCCCC3=C2C1. The second kappa shape index (κ2) is 4.37. The number of H-pyrrole nitrogens is 1. The van der Waals surface area contributed by atoms with Gasteiger partial charge in [-0.05, 0) is 42.9 Å². The average molecular weight is 268 g/mol. The summed E-state index contributed by atoms with van der Waals surface area (Å²) in [5.74, 6) is 1.08. The van der Waals surface area contributed by atoms with Gasteiger partial charge >= 0.3 is 0 Å². The molecule has 1 aromatic rings. The molecule has 1 saturated carbocycles. The molecule has 1 atom stereocenters. The van der Waals surface area contributed by atoms with Crippen molar-refractivity contribution in [2.24, 2.45) is 0 Å². The van der Waals surface area contributed by atoms with E-state index in [1.54, 1.807) is 12.7 Å². The number of aromatic nitrogens is 2. The van der Waals surface area contributed by atoms with Crippen molar-refractivity contribution in [2.75, 3.05) is 7.11 Å². The molecule has 0 spiro atoms. The first-order valence-corrected chi connectivity index (χ1v) is 7.49. The number of imidazole rings is 1. The summed E-state index contributed by atoms with van der Waals surface area (Å²) < 4.78 is 5.46. The average Bonchev–Trinajstić information content (AvgIpc) is 3.13. The topological polar surface area (TPSA) is 37.9 Å². The number of hydrogen-bond acceptors (Lipinski definition) is 2. The van der Waals surface area contributed by atoms with Crippen molar-refractivity contribution >= 4 is 0 Å². The molecule has 0 aromatic carbocycles. The van der Waals surface area contributed by atoms with Crippen molar-refractivity contribution in [2.45, 2.75) is 43.9 Å². The zero-order valence-electron chi connectivity index (χ0n) is 11.9. The quantitative estimate of drug-likeness (QED) is 0.886. The van der Waals surface area contributed by atoms with E-state index in [4.69, 9.17) is 4.74 Å².